The van der Waals surface area contributed by atoms with Crippen LogP contribution in [0.1, 0.15) is 5.56 Å². The summed E-state index contributed by atoms with van der Waals surface area (Å²) in [6.45, 7) is 0. The lowest BCUT2D eigenvalue weighted by molar-refractivity contribution is -0.139. The normalized spacial score (nSPS) is 12.8. The van der Waals surface area contributed by atoms with Gasteiger partial charge in [-0.2, -0.15) is 13.2 Å². The van der Waals surface area contributed by atoms with Gasteiger partial charge in [0.05, 0.1) is 21.0 Å². The fourth-order valence-electron chi connectivity index (χ4n) is 1.88. The van der Waals surface area contributed by atoms with Crippen LogP contribution in [0, 0.1) is 0 Å². The molecule has 0 fully saturated rings. The Balaban J connectivity index is 2.48. The molecule has 0 aliphatic rings. The molecule has 0 atom stereocenters. The van der Waals surface area contributed by atoms with Crippen molar-refractivity contribution in [3.05, 3.63) is 54.1 Å². The molecule has 0 saturated carbocycles. The van der Waals surface area contributed by atoms with Gasteiger partial charge in [0, 0.05) is 0 Å². The molecule has 24 heavy (non-hydrogen) atoms. The highest BCUT2D eigenvalue weighted by Crippen LogP contribution is 2.34. The predicted molar refractivity (Wildman–Crippen MR) is 80.1 cm³/mol. The minimum absolute atomic E-state index is 0.237. The van der Waals surface area contributed by atoms with Crippen molar-refractivity contribution in [1.82, 2.24) is 0 Å². The summed E-state index contributed by atoms with van der Waals surface area (Å²) in [5.41, 5.74) is -1.57. The van der Waals surface area contributed by atoms with Crippen LogP contribution >= 0.6 is 0 Å². The van der Waals surface area contributed by atoms with Crippen molar-refractivity contribution < 1.29 is 30.0 Å². The molecule has 130 valence electrons. The zero-order chi connectivity index (χ0) is 18.2. The Labute approximate surface area is 136 Å². The van der Waals surface area contributed by atoms with Crippen LogP contribution in [0.25, 0.3) is 0 Å². The van der Waals surface area contributed by atoms with E-state index in [1.807, 2.05) is 4.72 Å². The maximum atomic E-state index is 12.9. The van der Waals surface area contributed by atoms with Crippen LogP contribution in [-0.4, -0.2) is 16.8 Å². The van der Waals surface area contributed by atoms with Gasteiger partial charge in [-0.05, 0) is 30.3 Å². The SMILES string of the molecule is NS(=O)(=O)c1cccc(NS(=O)(=O)c2ccccc2C(F)(F)F)c1. The zero-order valence-electron chi connectivity index (χ0n) is 11.8. The third-order valence-corrected chi connectivity index (χ3v) is 5.25. The van der Waals surface area contributed by atoms with Crippen LogP contribution in [0.3, 0.4) is 0 Å². The van der Waals surface area contributed by atoms with Crippen LogP contribution < -0.4 is 9.86 Å². The summed E-state index contributed by atoms with van der Waals surface area (Å²) in [5.74, 6) is 0. The zero-order valence-corrected chi connectivity index (χ0v) is 13.4. The van der Waals surface area contributed by atoms with Gasteiger partial charge < -0.3 is 0 Å². The summed E-state index contributed by atoms with van der Waals surface area (Å²) >= 11 is 0. The van der Waals surface area contributed by atoms with Crippen LogP contribution in [-0.2, 0) is 26.2 Å². The molecule has 0 aliphatic heterocycles. The number of halogens is 3. The largest absolute Gasteiger partial charge is 0.417 e. The molecule has 11 heteroatoms. The van der Waals surface area contributed by atoms with Gasteiger partial charge in [-0.3, -0.25) is 4.72 Å². The van der Waals surface area contributed by atoms with Gasteiger partial charge in [0.2, 0.25) is 10.0 Å². The Morgan fingerprint density at radius 1 is 0.917 bits per heavy atom. The standard InChI is InChI=1S/C13H11F3N2O4S2/c14-13(15,16)11-6-1-2-7-12(11)24(21,22)18-9-4-3-5-10(8-9)23(17,19)20/h1-8,18H,(H2,17,19,20). The predicted octanol–water partition coefficient (Wildman–Crippen LogP) is 2.15. The minimum Gasteiger partial charge on any atom is -0.280 e. The number of benzene rings is 2. The molecule has 0 aromatic heterocycles. The van der Waals surface area contributed by atoms with E-state index in [4.69, 9.17) is 5.14 Å². The van der Waals surface area contributed by atoms with Gasteiger partial charge in [-0.25, -0.2) is 22.0 Å². The molecule has 0 spiro atoms. The Kier molecular flexibility index (Phi) is 4.61. The van der Waals surface area contributed by atoms with E-state index >= 15 is 0 Å². The summed E-state index contributed by atoms with van der Waals surface area (Å²) in [7, 11) is -8.69. The Morgan fingerprint density at radius 3 is 2.12 bits per heavy atom. The molecular weight excluding hydrogens is 369 g/mol. The van der Waals surface area contributed by atoms with Crippen LogP contribution in [0.4, 0.5) is 18.9 Å². The first-order chi connectivity index (χ1) is 10.9. The molecule has 0 radical (unpaired) electrons. The Bertz CT molecular complexity index is 971. The lowest BCUT2D eigenvalue weighted by atomic mass is 10.2. The van der Waals surface area contributed by atoms with Gasteiger partial charge in [0.1, 0.15) is 0 Å². The number of rotatable bonds is 4. The topological polar surface area (TPSA) is 106 Å². The number of sulfonamides is 2. The van der Waals surface area contributed by atoms with Crippen LogP contribution in [0.15, 0.2) is 58.3 Å². The van der Waals surface area contributed by atoms with Crippen molar-refractivity contribution in [2.24, 2.45) is 5.14 Å². The highest BCUT2D eigenvalue weighted by molar-refractivity contribution is 7.92. The first-order valence-corrected chi connectivity index (χ1v) is 9.26. The molecule has 0 aliphatic carbocycles. The Hall–Kier alpha value is -2.11. The maximum absolute atomic E-state index is 12.9. The van der Waals surface area contributed by atoms with Crippen molar-refractivity contribution in [3.8, 4) is 0 Å². The van der Waals surface area contributed by atoms with Gasteiger partial charge in [0.15, 0.2) is 0 Å². The Morgan fingerprint density at radius 2 is 1.54 bits per heavy atom. The molecule has 3 N–H and O–H groups in total. The second-order valence-electron chi connectivity index (χ2n) is 4.67. The monoisotopic (exact) mass is 380 g/mol. The van der Waals surface area contributed by atoms with E-state index in [1.54, 1.807) is 0 Å². The lowest BCUT2D eigenvalue weighted by Gasteiger charge is -2.14. The highest BCUT2D eigenvalue weighted by Gasteiger charge is 2.36. The fraction of sp³-hybridized carbons (Fsp3) is 0.0769. The van der Waals surface area contributed by atoms with E-state index in [9.17, 15) is 30.0 Å². The molecule has 0 unspecified atom stereocenters. The van der Waals surface area contributed by atoms with E-state index in [0.717, 1.165) is 30.3 Å². The van der Waals surface area contributed by atoms with Crippen molar-refractivity contribution in [2.75, 3.05) is 4.72 Å². The lowest BCUT2D eigenvalue weighted by Crippen LogP contribution is -2.19. The number of hydrogen-bond donors (Lipinski definition) is 2. The van der Waals surface area contributed by atoms with Crippen molar-refractivity contribution in [3.63, 3.8) is 0 Å². The van der Waals surface area contributed by atoms with E-state index < -0.39 is 36.7 Å². The summed E-state index contributed by atoms with van der Waals surface area (Å²) in [6, 6.07) is 8.05. The third-order valence-electron chi connectivity index (χ3n) is 2.90. The van der Waals surface area contributed by atoms with E-state index in [0.29, 0.717) is 6.07 Å². The summed E-state index contributed by atoms with van der Waals surface area (Å²) in [6.07, 6.45) is -4.87. The van der Waals surface area contributed by atoms with Gasteiger partial charge in [-0.1, -0.05) is 18.2 Å². The maximum Gasteiger partial charge on any atom is 0.417 e. The minimum atomic E-state index is -4.87. The van der Waals surface area contributed by atoms with Crippen molar-refractivity contribution in [2.45, 2.75) is 16.0 Å². The highest BCUT2D eigenvalue weighted by atomic mass is 32.2. The van der Waals surface area contributed by atoms with Crippen LogP contribution in [0.5, 0.6) is 0 Å². The number of nitrogens with one attached hydrogen (secondary N) is 1. The van der Waals surface area contributed by atoms with Gasteiger partial charge in [0.25, 0.3) is 10.0 Å². The summed E-state index contributed by atoms with van der Waals surface area (Å²) in [5, 5.41) is 4.93. The molecule has 0 bridgehead atoms. The van der Waals surface area contributed by atoms with Crippen LogP contribution in [0.2, 0.25) is 0 Å². The third kappa shape index (κ3) is 4.04. The number of primary sulfonamides is 1. The first-order valence-electron chi connectivity index (χ1n) is 6.23. The van der Waals surface area contributed by atoms with Crippen molar-refractivity contribution in [1.29, 1.82) is 0 Å². The van der Waals surface area contributed by atoms with E-state index in [1.165, 1.54) is 12.1 Å². The second-order valence-corrected chi connectivity index (χ2v) is 7.88. The van der Waals surface area contributed by atoms with Gasteiger partial charge >= 0.3 is 6.18 Å². The van der Waals surface area contributed by atoms with E-state index in [-0.39, 0.29) is 10.6 Å². The quantitative estimate of drug-likeness (QED) is 0.848. The summed E-state index contributed by atoms with van der Waals surface area (Å²) in [4.78, 5) is -1.36. The molecule has 0 saturated heterocycles. The molecule has 0 heterocycles. The molecule has 2 rings (SSSR count). The smallest absolute Gasteiger partial charge is 0.280 e. The number of alkyl halides is 3. The summed E-state index contributed by atoms with van der Waals surface area (Å²) < 4.78 is 87.8. The first kappa shape index (κ1) is 18.2. The molecule has 0 amide bonds. The molecular formula is C13H11F3N2O4S2. The van der Waals surface area contributed by atoms with Crippen molar-refractivity contribution >= 4 is 25.7 Å². The second kappa shape index (κ2) is 6.07. The molecule has 2 aromatic rings. The number of anilines is 1. The average molecular weight is 380 g/mol. The fourth-order valence-corrected chi connectivity index (χ4v) is 3.72. The van der Waals surface area contributed by atoms with Gasteiger partial charge in [-0.15, -0.1) is 0 Å². The van der Waals surface area contributed by atoms with E-state index in [2.05, 4.69) is 0 Å². The molecule has 6 nitrogen and oxygen atoms in total. The number of hydrogen-bond acceptors (Lipinski definition) is 4. The average Bonchev–Trinajstić information content (AvgIpc) is 2.45. The molecule has 2 aromatic carbocycles. The number of nitrogens with two attached hydrogens (primary N) is 1.